The van der Waals surface area contributed by atoms with Crippen LogP contribution in [0.5, 0.6) is 0 Å². The summed E-state index contributed by atoms with van der Waals surface area (Å²) in [6, 6.07) is 14.9. The molecule has 0 heterocycles. The summed E-state index contributed by atoms with van der Waals surface area (Å²) in [6.07, 6.45) is 0. The molecule has 0 fully saturated rings. The molecule has 0 aromatic heterocycles. The van der Waals surface area contributed by atoms with Crippen molar-refractivity contribution in [2.75, 3.05) is 14.1 Å². The van der Waals surface area contributed by atoms with Crippen LogP contribution in [0.25, 0.3) is 0 Å². The Hall–Kier alpha value is -1.67. The molecule has 0 unspecified atom stereocenters. The van der Waals surface area contributed by atoms with Crippen molar-refractivity contribution in [1.82, 2.24) is 10.2 Å². The SMILES string of the molecule is CN=C(NCc1ccc(F)c(CO)c1)N(C)Cc1ccccc1.I. The van der Waals surface area contributed by atoms with Crippen LogP contribution in [-0.2, 0) is 19.7 Å². The minimum absolute atomic E-state index is 0. The van der Waals surface area contributed by atoms with E-state index in [1.807, 2.05) is 30.1 Å². The zero-order chi connectivity index (χ0) is 16.7. The number of aliphatic imine (C=N–C) groups is 1. The van der Waals surface area contributed by atoms with Gasteiger partial charge in [0, 0.05) is 32.7 Å². The second-order valence-corrected chi connectivity index (χ2v) is 5.33. The molecule has 2 aromatic carbocycles. The van der Waals surface area contributed by atoms with E-state index in [1.165, 1.54) is 11.6 Å². The highest BCUT2D eigenvalue weighted by atomic mass is 127. The van der Waals surface area contributed by atoms with Gasteiger partial charge >= 0.3 is 0 Å². The van der Waals surface area contributed by atoms with Crippen molar-refractivity contribution in [2.45, 2.75) is 19.7 Å². The van der Waals surface area contributed by atoms with Crippen molar-refractivity contribution in [3.05, 3.63) is 71.0 Å². The van der Waals surface area contributed by atoms with E-state index in [0.29, 0.717) is 12.1 Å². The third-order valence-corrected chi connectivity index (χ3v) is 3.57. The van der Waals surface area contributed by atoms with E-state index in [1.54, 1.807) is 19.2 Å². The summed E-state index contributed by atoms with van der Waals surface area (Å²) in [4.78, 5) is 6.29. The maximum atomic E-state index is 13.4. The Labute approximate surface area is 159 Å². The van der Waals surface area contributed by atoms with Gasteiger partial charge in [-0.15, -0.1) is 24.0 Å². The fourth-order valence-electron chi connectivity index (χ4n) is 2.36. The van der Waals surface area contributed by atoms with Gasteiger partial charge < -0.3 is 15.3 Å². The summed E-state index contributed by atoms with van der Waals surface area (Å²) in [5.74, 6) is 0.366. The van der Waals surface area contributed by atoms with E-state index >= 15 is 0 Å². The molecule has 0 radical (unpaired) electrons. The fourth-order valence-corrected chi connectivity index (χ4v) is 2.36. The van der Waals surface area contributed by atoms with Gasteiger partial charge in [-0.05, 0) is 23.3 Å². The van der Waals surface area contributed by atoms with Gasteiger partial charge in [0.05, 0.1) is 6.61 Å². The number of guanidine groups is 1. The Morgan fingerprint density at radius 1 is 1.17 bits per heavy atom. The maximum Gasteiger partial charge on any atom is 0.193 e. The lowest BCUT2D eigenvalue weighted by Crippen LogP contribution is -2.38. The number of hydrogen-bond donors (Lipinski definition) is 2. The number of nitrogens with zero attached hydrogens (tertiary/aromatic N) is 2. The third-order valence-electron chi connectivity index (χ3n) is 3.57. The molecule has 2 rings (SSSR count). The minimum atomic E-state index is -0.387. The number of aliphatic hydroxyl groups is 1. The standard InChI is InChI=1S/C18H22FN3O.HI/c1-20-18(22(2)12-14-6-4-3-5-7-14)21-11-15-8-9-17(19)16(10-15)13-23;/h3-10,23H,11-13H2,1-2H3,(H,20,21);1H. The molecular weight excluding hydrogens is 420 g/mol. The van der Waals surface area contributed by atoms with Gasteiger partial charge in [0.15, 0.2) is 5.96 Å². The molecule has 2 aromatic rings. The Bertz CT molecular complexity index is 665. The Morgan fingerprint density at radius 3 is 2.50 bits per heavy atom. The van der Waals surface area contributed by atoms with E-state index in [0.717, 1.165) is 18.1 Å². The van der Waals surface area contributed by atoms with Crippen LogP contribution in [0.3, 0.4) is 0 Å². The number of benzene rings is 2. The fraction of sp³-hybridized carbons (Fsp3) is 0.278. The average Bonchev–Trinajstić information content (AvgIpc) is 2.57. The van der Waals surface area contributed by atoms with Crippen LogP contribution in [0.4, 0.5) is 4.39 Å². The van der Waals surface area contributed by atoms with Gasteiger partial charge in [-0.3, -0.25) is 4.99 Å². The monoisotopic (exact) mass is 443 g/mol. The van der Waals surface area contributed by atoms with Crippen LogP contribution in [0.1, 0.15) is 16.7 Å². The number of rotatable bonds is 5. The van der Waals surface area contributed by atoms with Crippen molar-refractivity contribution in [2.24, 2.45) is 4.99 Å². The molecule has 0 aliphatic rings. The van der Waals surface area contributed by atoms with Gasteiger partial charge in [-0.25, -0.2) is 4.39 Å². The largest absolute Gasteiger partial charge is 0.392 e. The molecule has 130 valence electrons. The van der Waals surface area contributed by atoms with Crippen LogP contribution in [0.2, 0.25) is 0 Å². The Morgan fingerprint density at radius 2 is 1.88 bits per heavy atom. The second-order valence-electron chi connectivity index (χ2n) is 5.33. The lowest BCUT2D eigenvalue weighted by atomic mass is 10.1. The Balaban J connectivity index is 0.00000288. The van der Waals surface area contributed by atoms with Crippen LogP contribution in [-0.4, -0.2) is 30.1 Å². The van der Waals surface area contributed by atoms with E-state index in [9.17, 15) is 4.39 Å². The third kappa shape index (κ3) is 5.76. The van der Waals surface area contributed by atoms with Crippen LogP contribution >= 0.6 is 24.0 Å². The van der Waals surface area contributed by atoms with E-state index in [4.69, 9.17) is 5.11 Å². The first-order valence-electron chi connectivity index (χ1n) is 7.48. The summed E-state index contributed by atoms with van der Waals surface area (Å²) < 4.78 is 13.4. The molecule has 0 spiro atoms. The van der Waals surface area contributed by atoms with Crippen LogP contribution < -0.4 is 5.32 Å². The molecule has 24 heavy (non-hydrogen) atoms. The highest BCUT2D eigenvalue weighted by Crippen LogP contribution is 2.11. The molecule has 4 nitrogen and oxygen atoms in total. The maximum absolute atomic E-state index is 13.4. The summed E-state index contributed by atoms with van der Waals surface area (Å²) >= 11 is 0. The molecule has 0 atom stereocenters. The molecule has 0 aliphatic heterocycles. The number of aliphatic hydroxyl groups excluding tert-OH is 1. The highest BCUT2D eigenvalue weighted by Gasteiger charge is 2.07. The highest BCUT2D eigenvalue weighted by molar-refractivity contribution is 14.0. The summed E-state index contributed by atoms with van der Waals surface area (Å²) in [6.45, 7) is 0.952. The second kappa shape index (κ2) is 10.2. The van der Waals surface area contributed by atoms with Gasteiger partial charge in [0.1, 0.15) is 5.82 Å². The first-order chi connectivity index (χ1) is 11.1. The van der Waals surface area contributed by atoms with Crippen molar-refractivity contribution in [3.63, 3.8) is 0 Å². The minimum Gasteiger partial charge on any atom is -0.392 e. The summed E-state index contributed by atoms with van der Waals surface area (Å²) in [5.41, 5.74) is 2.39. The van der Waals surface area contributed by atoms with Gasteiger partial charge in [0.2, 0.25) is 0 Å². The predicted molar refractivity (Wildman–Crippen MR) is 106 cm³/mol. The van der Waals surface area contributed by atoms with Gasteiger partial charge in [-0.2, -0.15) is 0 Å². The molecule has 0 bridgehead atoms. The van der Waals surface area contributed by atoms with Gasteiger partial charge in [0.25, 0.3) is 0 Å². The Kier molecular flexibility index (Phi) is 8.70. The van der Waals surface area contributed by atoms with Gasteiger partial charge in [-0.1, -0.05) is 36.4 Å². The number of halogens is 2. The van der Waals surface area contributed by atoms with E-state index in [2.05, 4.69) is 22.4 Å². The lowest BCUT2D eigenvalue weighted by molar-refractivity contribution is 0.275. The average molecular weight is 443 g/mol. The van der Waals surface area contributed by atoms with Crippen molar-refractivity contribution in [3.8, 4) is 0 Å². The summed E-state index contributed by atoms with van der Waals surface area (Å²) in [7, 11) is 3.69. The zero-order valence-electron chi connectivity index (χ0n) is 13.9. The quantitative estimate of drug-likeness (QED) is 0.424. The first-order valence-corrected chi connectivity index (χ1v) is 7.48. The molecule has 0 aliphatic carbocycles. The topological polar surface area (TPSA) is 47.9 Å². The molecule has 0 saturated heterocycles. The van der Waals surface area contributed by atoms with E-state index < -0.39 is 0 Å². The molecule has 0 saturated carbocycles. The predicted octanol–water partition coefficient (Wildman–Crippen LogP) is 3.14. The first kappa shape index (κ1) is 20.4. The van der Waals surface area contributed by atoms with Crippen molar-refractivity contribution >= 4 is 29.9 Å². The molecule has 0 amide bonds. The van der Waals surface area contributed by atoms with Crippen molar-refractivity contribution in [1.29, 1.82) is 0 Å². The molecule has 6 heteroatoms. The number of hydrogen-bond acceptors (Lipinski definition) is 2. The van der Waals surface area contributed by atoms with E-state index in [-0.39, 0.29) is 36.4 Å². The smallest absolute Gasteiger partial charge is 0.193 e. The number of nitrogens with one attached hydrogen (secondary N) is 1. The normalized spacial score (nSPS) is 10.9. The van der Waals surface area contributed by atoms with Crippen LogP contribution in [0, 0.1) is 5.82 Å². The zero-order valence-corrected chi connectivity index (χ0v) is 16.2. The summed E-state index contributed by atoms with van der Waals surface area (Å²) in [5, 5.41) is 12.4. The van der Waals surface area contributed by atoms with Crippen molar-refractivity contribution < 1.29 is 9.50 Å². The van der Waals surface area contributed by atoms with Crippen LogP contribution in [0.15, 0.2) is 53.5 Å². The molecule has 2 N–H and O–H groups in total. The lowest BCUT2D eigenvalue weighted by Gasteiger charge is -2.22. The molecular formula is C18H23FIN3O.